The summed E-state index contributed by atoms with van der Waals surface area (Å²) in [5.41, 5.74) is -0.0953. The first-order valence-electron chi connectivity index (χ1n) is 8.47. The summed E-state index contributed by atoms with van der Waals surface area (Å²) >= 11 is 0. The van der Waals surface area contributed by atoms with Crippen molar-refractivity contribution in [2.24, 2.45) is 5.92 Å². The Bertz CT molecular complexity index is 676. The number of nitrogens with one attached hydrogen (secondary N) is 2. The minimum absolute atomic E-state index is 0.0245. The molecule has 9 heteroatoms. The summed E-state index contributed by atoms with van der Waals surface area (Å²) < 4.78 is 41.2. The predicted molar refractivity (Wildman–Crippen MR) is 88.0 cm³/mol. The van der Waals surface area contributed by atoms with E-state index in [0.717, 1.165) is 12.8 Å². The molecule has 1 saturated carbocycles. The second kappa shape index (κ2) is 6.78. The van der Waals surface area contributed by atoms with Crippen LogP contribution in [-0.4, -0.2) is 44.7 Å². The molecule has 3 N–H and O–H groups in total. The molecule has 0 aliphatic heterocycles. The lowest BCUT2D eigenvalue weighted by molar-refractivity contribution is -0.107. The first-order chi connectivity index (χ1) is 11.8. The minimum atomic E-state index is -3.48. The maximum Gasteiger partial charge on any atom is 0.280 e. The topological polar surface area (TPSA) is 83.0 Å². The van der Waals surface area contributed by atoms with Gasteiger partial charge in [-0.1, -0.05) is 0 Å². The second-order valence-corrected chi connectivity index (χ2v) is 6.92. The van der Waals surface area contributed by atoms with Crippen molar-refractivity contribution in [3.05, 3.63) is 11.7 Å². The summed E-state index contributed by atoms with van der Waals surface area (Å²) in [6.07, 6.45) is -1.08. The molecule has 1 aromatic rings. The Labute approximate surface area is 144 Å². The molecule has 1 aromatic heterocycles. The summed E-state index contributed by atoms with van der Waals surface area (Å²) in [5.74, 6) is -3.69. The largest absolute Gasteiger partial charge is 0.380 e. The van der Waals surface area contributed by atoms with Crippen molar-refractivity contribution in [3.8, 4) is 0 Å². The molecule has 0 spiro atoms. The van der Waals surface area contributed by atoms with Crippen LogP contribution in [0.5, 0.6) is 0 Å². The molecule has 0 aromatic carbocycles. The number of halogens is 3. The van der Waals surface area contributed by atoms with Crippen LogP contribution < -0.4 is 10.6 Å². The zero-order valence-electron chi connectivity index (χ0n) is 14.2. The van der Waals surface area contributed by atoms with E-state index in [1.165, 1.54) is 0 Å². The Morgan fingerprint density at radius 2 is 1.88 bits per heavy atom. The third kappa shape index (κ3) is 4.20. The highest BCUT2D eigenvalue weighted by Gasteiger charge is 2.46. The zero-order chi connectivity index (χ0) is 18.2. The molecule has 138 valence electrons. The molecular formula is C16H22F3N5O. The van der Waals surface area contributed by atoms with Gasteiger partial charge in [0.25, 0.3) is 5.92 Å². The number of allylic oxidation sites excluding steroid dienone is 1. The van der Waals surface area contributed by atoms with Crippen LogP contribution in [0.15, 0.2) is 5.83 Å². The van der Waals surface area contributed by atoms with E-state index in [1.54, 1.807) is 0 Å². The Kier molecular flexibility index (Phi) is 4.86. The van der Waals surface area contributed by atoms with Gasteiger partial charge in [-0.05, 0) is 39.0 Å². The summed E-state index contributed by atoms with van der Waals surface area (Å²) in [6.45, 7) is 4.49. The van der Waals surface area contributed by atoms with Gasteiger partial charge in [-0.25, -0.2) is 13.2 Å². The van der Waals surface area contributed by atoms with Gasteiger partial charge in [0, 0.05) is 24.6 Å². The average Bonchev–Trinajstić information content (AvgIpc) is 3.34. The molecule has 0 bridgehead atoms. The molecular weight excluding hydrogens is 335 g/mol. The highest BCUT2D eigenvalue weighted by Crippen LogP contribution is 2.41. The van der Waals surface area contributed by atoms with Crippen molar-refractivity contribution in [2.75, 3.05) is 17.2 Å². The number of aromatic nitrogens is 3. The average molecular weight is 357 g/mol. The second-order valence-electron chi connectivity index (χ2n) is 6.92. The molecule has 6 nitrogen and oxygen atoms in total. The van der Waals surface area contributed by atoms with Gasteiger partial charge in [0.05, 0.1) is 0 Å². The van der Waals surface area contributed by atoms with Crippen molar-refractivity contribution in [2.45, 2.75) is 57.6 Å². The maximum absolute atomic E-state index is 14.3. The van der Waals surface area contributed by atoms with Crippen LogP contribution in [0.4, 0.5) is 25.1 Å². The van der Waals surface area contributed by atoms with E-state index >= 15 is 0 Å². The van der Waals surface area contributed by atoms with E-state index < -0.39 is 24.3 Å². The SMILES string of the molecule is CC(C)Nc1nc(NCC2CC2)nc(C2=C(F)C(O)C(F)(F)CC2)n1. The van der Waals surface area contributed by atoms with Crippen LogP contribution in [0.1, 0.15) is 45.4 Å². The molecule has 2 aliphatic carbocycles. The van der Waals surface area contributed by atoms with Crippen LogP contribution in [0, 0.1) is 5.92 Å². The fourth-order valence-electron chi connectivity index (χ4n) is 2.59. The van der Waals surface area contributed by atoms with Crippen molar-refractivity contribution >= 4 is 17.5 Å². The summed E-state index contributed by atoms with van der Waals surface area (Å²) in [5, 5.41) is 15.6. The molecule has 0 radical (unpaired) electrons. The molecule has 1 atom stereocenters. The highest BCUT2D eigenvalue weighted by molar-refractivity contribution is 5.66. The fourth-order valence-corrected chi connectivity index (χ4v) is 2.59. The minimum Gasteiger partial charge on any atom is -0.380 e. The van der Waals surface area contributed by atoms with E-state index in [9.17, 15) is 18.3 Å². The van der Waals surface area contributed by atoms with Gasteiger partial charge in [0.15, 0.2) is 11.9 Å². The Hall–Kier alpha value is -1.90. The normalized spacial score (nSPS) is 23.1. The number of anilines is 2. The quantitative estimate of drug-likeness (QED) is 0.726. The van der Waals surface area contributed by atoms with E-state index in [4.69, 9.17) is 0 Å². The summed E-state index contributed by atoms with van der Waals surface area (Å²) in [7, 11) is 0. The van der Waals surface area contributed by atoms with Crippen LogP contribution in [0.25, 0.3) is 5.57 Å². The number of hydrogen-bond donors (Lipinski definition) is 3. The molecule has 1 fully saturated rings. The van der Waals surface area contributed by atoms with Gasteiger partial charge in [0.2, 0.25) is 11.9 Å². The number of rotatable bonds is 6. The van der Waals surface area contributed by atoms with Gasteiger partial charge in [-0.15, -0.1) is 0 Å². The molecule has 25 heavy (non-hydrogen) atoms. The fraction of sp³-hybridized carbons (Fsp3) is 0.688. The monoisotopic (exact) mass is 357 g/mol. The Balaban J connectivity index is 1.92. The van der Waals surface area contributed by atoms with Crippen LogP contribution in [0.3, 0.4) is 0 Å². The maximum atomic E-state index is 14.3. The molecule has 3 rings (SSSR count). The smallest absolute Gasteiger partial charge is 0.280 e. The summed E-state index contributed by atoms with van der Waals surface area (Å²) in [6, 6.07) is 0.0339. The van der Waals surface area contributed by atoms with Gasteiger partial charge in [0.1, 0.15) is 5.83 Å². The van der Waals surface area contributed by atoms with Gasteiger partial charge >= 0.3 is 0 Å². The molecule has 0 saturated heterocycles. The Morgan fingerprint density at radius 3 is 2.52 bits per heavy atom. The van der Waals surface area contributed by atoms with Crippen LogP contribution in [-0.2, 0) is 0 Å². The first-order valence-corrected chi connectivity index (χ1v) is 8.47. The molecule has 1 unspecified atom stereocenters. The van der Waals surface area contributed by atoms with E-state index in [1.807, 2.05) is 13.8 Å². The third-order valence-corrected chi connectivity index (χ3v) is 4.21. The van der Waals surface area contributed by atoms with Gasteiger partial charge in [-0.2, -0.15) is 15.0 Å². The van der Waals surface area contributed by atoms with E-state index in [-0.39, 0.29) is 35.8 Å². The summed E-state index contributed by atoms with van der Waals surface area (Å²) in [4.78, 5) is 12.6. The van der Waals surface area contributed by atoms with Crippen molar-refractivity contribution in [3.63, 3.8) is 0 Å². The van der Waals surface area contributed by atoms with Crippen molar-refractivity contribution < 1.29 is 18.3 Å². The van der Waals surface area contributed by atoms with E-state index in [2.05, 4.69) is 25.6 Å². The molecule has 0 amide bonds. The highest BCUT2D eigenvalue weighted by atomic mass is 19.3. The molecule has 2 aliphatic rings. The lowest BCUT2D eigenvalue weighted by Crippen LogP contribution is -2.37. The number of aliphatic hydroxyl groups is 1. The number of nitrogens with zero attached hydrogens (tertiary/aromatic N) is 3. The van der Waals surface area contributed by atoms with Gasteiger partial charge in [-0.3, -0.25) is 0 Å². The predicted octanol–water partition coefficient (Wildman–Crippen LogP) is 2.98. The van der Waals surface area contributed by atoms with Gasteiger partial charge < -0.3 is 15.7 Å². The lowest BCUT2D eigenvalue weighted by Gasteiger charge is -2.27. The third-order valence-electron chi connectivity index (χ3n) is 4.21. The number of hydrogen-bond acceptors (Lipinski definition) is 6. The number of aliphatic hydroxyl groups excluding tert-OH is 1. The van der Waals surface area contributed by atoms with Crippen LogP contribution in [0.2, 0.25) is 0 Å². The first kappa shape index (κ1) is 17.9. The number of alkyl halides is 2. The van der Waals surface area contributed by atoms with Crippen molar-refractivity contribution in [1.29, 1.82) is 0 Å². The standard InChI is InChI=1S/C16H22F3N5O/c1-8(2)21-15-23-13(22-14(24-15)20-7-9-3-4-9)10-5-6-16(18,19)12(25)11(10)17/h8-9,12,25H,3-7H2,1-2H3,(H2,20,21,22,23,24). The Morgan fingerprint density at radius 1 is 1.20 bits per heavy atom. The zero-order valence-corrected chi connectivity index (χ0v) is 14.2. The molecule has 1 heterocycles. The van der Waals surface area contributed by atoms with E-state index in [0.29, 0.717) is 12.5 Å². The van der Waals surface area contributed by atoms with Crippen LogP contribution >= 0.6 is 0 Å². The lowest BCUT2D eigenvalue weighted by atomic mass is 9.92. The van der Waals surface area contributed by atoms with Crippen molar-refractivity contribution in [1.82, 2.24) is 15.0 Å².